The van der Waals surface area contributed by atoms with Gasteiger partial charge in [-0.15, -0.1) is 0 Å². The second-order valence-electron chi connectivity index (χ2n) is 3.91. The molecule has 0 bridgehead atoms. The topological polar surface area (TPSA) is 29.3 Å². The zero-order valence-corrected chi connectivity index (χ0v) is 11.9. The summed E-state index contributed by atoms with van der Waals surface area (Å²) in [6.07, 6.45) is 2.05. The highest BCUT2D eigenvalue weighted by Gasteiger charge is 2.17. The summed E-state index contributed by atoms with van der Waals surface area (Å²) in [5, 5.41) is 0. The molecular weight excluding hydrogens is 255 g/mol. The van der Waals surface area contributed by atoms with Crippen LogP contribution in [0, 0.1) is 5.82 Å². The van der Waals surface area contributed by atoms with Gasteiger partial charge in [-0.2, -0.15) is 11.8 Å². The van der Waals surface area contributed by atoms with E-state index in [0.29, 0.717) is 11.6 Å². The highest BCUT2D eigenvalue weighted by molar-refractivity contribution is 7.98. The van der Waals surface area contributed by atoms with Crippen molar-refractivity contribution in [3.63, 3.8) is 0 Å². The second-order valence-corrected chi connectivity index (χ2v) is 5.26. The Kier molecular flexibility index (Phi) is 5.21. The maximum atomic E-state index is 13.7. The van der Waals surface area contributed by atoms with Gasteiger partial charge < -0.3 is 10.6 Å². The molecule has 1 aromatic rings. The van der Waals surface area contributed by atoms with E-state index in [2.05, 4.69) is 6.92 Å². The fourth-order valence-electron chi connectivity index (χ4n) is 1.64. The van der Waals surface area contributed by atoms with E-state index >= 15 is 0 Å². The minimum atomic E-state index is -0.363. The van der Waals surface area contributed by atoms with E-state index in [1.165, 1.54) is 6.07 Å². The predicted molar refractivity (Wildman–Crippen MR) is 78.5 cm³/mol. The van der Waals surface area contributed by atoms with Gasteiger partial charge in [0.15, 0.2) is 0 Å². The highest BCUT2D eigenvalue weighted by Crippen LogP contribution is 2.24. The van der Waals surface area contributed by atoms with Crippen LogP contribution in [0.4, 0.5) is 10.1 Å². The maximum absolute atomic E-state index is 13.7. The molecule has 2 nitrogen and oxygen atoms in total. The monoisotopic (exact) mass is 272 g/mol. The van der Waals surface area contributed by atoms with Crippen molar-refractivity contribution < 1.29 is 4.39 Å². The smallest absolute Gasteiger partial charge is 0.135 e. The summed E-state index contributed by atoms with van der Waals surface area (Å²) in [4.78, 5) is 2.11. The van der Waals surface area contributed by atoms with Gasteiger partial charge in [0.25, 0.3) is 0 Å². The van der Waals surface area contributed by atoms with Crippen molar-refractivity contribution >= 4 is 34.7 Å². The largest absolute Gasteiger partial charge is 0.389 e. The lowest BCUT2D eigenvalue weighted by Crippen LogP contribution is -2.33. The van der Waals surface area contributed by atoms with Crippen LogP contribution in [0.1, 0.15) is 12.5 Å². The number of rotatable bonds is 5. The predicted octanol–water partition coefficient (Wildman–Crippen LogP) is 2.65. The van der Waals surface area contributed by atoms with Crippen LogP contribution in [-0.2, 0) is 0 Å². The standard InChI is InChI=1S/C12H17FN2S2/c1-8(7-17-3)15(2)10-6-4-5-9(13)11(10)12(14)16/h4-6,8H,7H2,1-3H3,(H2,14,16). The van der Waals surface area contributed by atoms with Gasteiger partial charge in [-0.05, 0) is 25.3 Å². The maximum Gasteiger partial charge on any atom is 0.135 e. The Morgan fingerprint density at radius 2 is 2.24 bits per heavy atom. The van der Waals surface area contributed by atoms with Crippen LogP contribution in [-0.4, -0.2) is 30.1 Å². The zero-order chi connectivity index (χ0) is 13.0. The summed E-state index contributed by atoms with van der Waals surface area (Å²) >= 11 is 6.67. The van der Waals surface area contributed by atoms with Crippen LogP contribution in [0.5, 0.6) is 0 Å². The van der Waals surface area contributed by atoms with Crippen molar-refractivity contribution in [3.05, 3.63) is 29.6 Å². The second kappa shape index (κ2) is 6.21. The van der Waals surface area contributed by atoms with E-state index in [1.54, 1.807) is 17.8 Å². The Morgan fingerprint density at radius 3 is 2.76 bits per heavy atom. The number of nitrogens with two attached hydrogens (primary N) is 1. The van der Waals surface area contributed by atoms with Crippen molar-refractivity contribution in [2.24, 2.45) is 5.73 Å². The van der Waals surface area contributed by atoms with Gasteiger partial charge in [-0.3, -0.25) is 0 Å². The molecule has 0 heterocycles. The van der Waals surface area contributed by atoms with Crippen molar-refractivity contribution in [3.8, 4) is 0 Å². The number of thiocarbonyl (C=S) groups is 1. The van der Waals surface area contributed by atoms with Gasteiger partial charge in [0.05, 0.1) is 5.56 Å². The summed E-state index contributed by atoms with van der Waals surface area (Å²) in [5.41, 5.74) is 6.67. The number of thioether (sulfide) groups is 1. The fraction of sp³-hybridized carbons (Fsp3) is 0.417. The SMILES string of the molecule is CSCC(C)N(C)c1cccc(F)c1C(N)=S. The van der Waals surface area contributed by atoms with Crippen LogP contribution in [0.25, 0.3) is 0 Å². The molecule has 5 heteroatoms. The Bertz CT molecular complexity index is 409. The van der Waals surface area contributed by atoms with Gasteiger partial charge in [-0.1, -0.05) is 18.3 Å². The number of nitrogens with zero attached hydrogens (tertiary/aromatic N) is 1. The zero-order valence-electron chi connectivity index (χ0n) is 10.2. The van der Waals surface area contributed by atoms with Gasteiger partial charge in [-0.25, -0.2) is 4.39 Å². The fourth-order valence-corrected chi connectivity index (χ4v) is 2.55. The molecule has 0 saturated carbocycles. The molecule has 0 aliphatic carbocycles. The normalized spacial score (nSPS) is 12.2. The van der Waals surface area contributed by atoms with E-state index in [1.807, 2.05) is 24.3 Å². The summed E-state index contributed by atoms with van der Waals surface area (Å²) in [7, 11) is 1.93. The molecule has 2 N–H and O–H groups in total. The van der Waals surface area contributed by atoms with E-state index in [9.17, 15) is 4.39 Å². The average molecular weight is 272 g/mol. The van der Waals surface area contributed by atoms with Crippen LogP contribution in [0.15, 0.2) is 18.2 Å². The third kappa shape index (κ3) is 3.33. The van der Waals surface area contributed by atoms with Crippen LogP contribution >= 0.6 is 24.0 Å². The molecule has 0 aromatic heterocycles. The molecule has 0 radical (unpaired) electrons. The summed E-state index contributed by atoms with van der Waals surface area (Å²) in [6, 6.07) is 5.19. The molecule has 1 unspecified atom stereocenters. The lowest BCUT2D eigenvalue weighted by molar-refractivity contribution is 0.623. The van der Waals surface area contributed by atoms with Crippen LogP contribution in [0.3, 0.4) is 0 Å². The third-order valence-corrected chi connectivity index (χ3v) is 3.71. The molecule has 0 spiro atoms. The molecule has 94 valence electrons. The minimum absolute atomic E-state index is 0.0984. The van der Waals surface area contributed by atoms with Gasteiger partial charge in [0, 0.05) is 24.5 Å². The summed E-state index contributed by atoms with van der Waals surface area (Å²) in [6.45, 7) is 2.09. The molecule has 0 fully saturated rings. The van der Waals surface area contributed by atoms with Gasteiger partial charge >= 0.3 is 0 Å². The Hall–Kier alpha value is -0.810. The van der Waals surface area contributed by atoms with E-state index < -0.39 is 0 Å². The van der Waals surface area contributed by atoms with Crippen molar-refractivity contribution in [1.29, 1.82) is 0 Å². The molecule has 0 saturated heterocycles. The first-order valence-corrected chi connectivity index (χ1v) is 7.09. The molecule has 0 aliphatic rings. The first kappa shape index (κ1) is 14.3. The molecule has 17 heavy (non-hydrogen) atoms. The third-order valence-electron chi connectivity index (χ3n) is 2.69. The van der Waals surface area contributed by atoms with Crippen molar-refractivity contribution in [2.75, 3.05) is 24.0 Å². The molecule has 1 rings (SSSR count). The summed E-state index contributed by atoms with van der Waals surface area (Å²) in [5.74, 6) is 0.599. The Labute approximate surface area is 111 Å². The number of anilines is 1. The number of halogens is 1. The summed E-state index contributed by atoms with van der Waals surface area (Å²) < 4.78 is 13.7. The van der Waals surface area contributed by atoms with Gasteiger partial charge in [0.2, 0.25) is 0 Å². The first-order valence-electron chi connectivity index (χ1n) is 5.29. The number of benzene rings is 1. The Balaban J connectivity index is 3.13. The number of hydrogen-bond acceptors (Lipinski definition) is 3. The molecule has 0 aliphatic heterocycles. The van der Waals surface area contributed by atoms with Crippen molar-refractivity contribution in [2.45, 2.75) is 13.0 Å². The van der Waals surface area contributed by atoms with Gasteiger partial charge in [0.1, 0.15) is 10.8 Å². The lowest BCUT2D eigenvalue weighted by atomic mass is 10.1. The molecular formula is C12H17FN2S2. The highest BCUT2D eigenvalue weighted by atomic mass is 32.2. The first-order chi connectivity index (χ1) is 7.99. The lowest BCUT2D eigenvalue weighted by Gasteiger charge is -2.28. The van der Waals surface area contributed by atoms with E-state index in [0.717, 1.165) is 11.4 Å². The van der Waals surface area contributed by atoms with E-state index in [-0.39, 0.29) is 10.8 Å². The average Bonchev–Trinajstić information content (AvgIpc) is 2.27. The number of hydrogen-bond donors (Lipinski definition) is 1. The van der Waals surface area contributed by atoms with E-state index in [4.69, 9.17) is 18.0 Å². The minimum Gasteiger partial charge on any atom is -0.389 e. The quantitative estimate of drug-likeness (QED) is 0.835. The molecule has 1 atom stereocenters. The molecule has 1 aromatic carbocycles. The van der Waals surface area contributed by atoms with Crippen LogP contribution in [0.2, 0.25) is 0 Å². The Morgan fingerprint density at radius 1 is 1.59 bits per heavy atom. The van der Waals surface area contributed by atoms with Crippen LogP contribution < -0.4 is 10.6 Å². The molecule has 0 amide bonds. The van der Waals surface area contributed by atoms with Crippen molar-refractivity contribution in [1.82, 2.24) is 0 Å².